The van der Waals surface area contributed by atoms with E-state index in [1.165, 1.54) is 17.9 Å². The summed E-state index contributed by atoms with van der Waals surface area (Å²) in [6.45, 7) is 9.01. The SMILES string of the molecule is [C-]#[N+]C(C)(Cc1ccc(-n2c3ccccc3c3ccccc32)cc1)C(=O)OC. The molecule has 3 aromatic carbocycles. The van der Waals surface area contributed by atoms with Crippen LogP contribution in [0.25, 0.3) is 32.3 Å². The van der Waals surface area contributed by atoms with Gasteiger partial charge in [0.1, 0.15) is 0 Å². The van der Waals surface area contributed by atoms with Gasteiger partial charge in [0.2, 0.25) is 0 Å². The number of carbonyl (C=O) groups is 1. The molecular formula is C24H20N2O2. The molecule has 1 aromatic heterocycles. The Bertz CT molecular complexity index is 1160. The van der Waals surface area contributed by atoms with Crippen molar-refractivity contribution in [3.8, 4) is 5.69 Å². The van der Waals surface area contributed by atoms with Crippen molar-refractivity contribution in [3.63, 3.8) is 0 Å². The molecule has 4 heteroatoms. The molecule has 0 radical (unpaired) electrons. The van der Waals surface area contributed by atoms with Gasteiger partial charge >= 0.3 is 11.5 Å². The highest BCUT2D eigenvalue weighted by Crippen LogP contribution is 2.32. The topological polar surface area (TPSA) is 35.6 Å². The summed E-state index contributed by atoms with van der Waals surface area (Å²) in [6, 6.07) is 24.8. The van der Waals surface area contributed by atoms with Crippen LogP contribution in [0.1, 0.15) is 12.5 Å². The predicted octanol–water partition coefficient (Wildman–Crippen LogP) is 5.18. The van der Waals surface area contributed by atoms with Gasteiger partial charge in [-0.15, -0.1) is 0 Å². The van der Waals surface area contributed by atoms with Crippen LogP contribution in [0, 0.1) is 6.57 Å². The zero-order chi connectivity index (χ0) is 19.7. The molecule has 0 N–H and O–H groups in total. The van der Waals surface area contributed by atoms with Crippen LogP contribution >= 0.6 is 0 Å². The smallest absolute Gasteiger partial charge is 0.393 e. The van der Waals surface area contributed by atoms with E-state index in [0.29, 0.717) is 6.42 Å². The maximum absolute atomic E-state index is 12.0. The summed E-state index contributed by atoms with van der Waals surface area (Å²) in [7, 11) is 1.32. The Labute approximate surface area is 163 Å². The highest BCUT2D eigenvalue weighted by Gasteiger charge is 2.41. The standard InChI is InChI=1S/C24H20N2O2/c1-24(25-2,23(27)28-3)16-17-12-14-18(15-13-17)26-21-10-6-4-8-19(21)20-9-5-7-11-22(20)26/h4-15H,16H2,1,3H3. The summed E-state index contributed by atoms with van der Waals surface area (Å²) in [4.78, 5) is 15.5. The van der Waals surface area contributed by atoms with E-state index in [2.05, 4.69) is 45.8 Å². The number of hydrogen-bond donors (Lipinski definition) is 0. The first-order valence-electron chi connectivity index (χ1n) is 9.12. The van der Waals surface area contributed by atoms with E-state index in [4.69, 9.17) is 11.3 Å². The third-order valence-electron chi connectivity index (χ3n) is 5.19. The van der Waals surface area contributed by atoms with Gasteiger partial charge in [-0.25, -0.2) is 11.4 Å². The molecule has 1 unspecified atom stereocenters. The molecule has 0 aliphatic carbocycles. The monoisotopic (exact) mass is 368 g/mol. The van der Waals surface area contributed by atoms with Gasteiger partial charge in [0.15, 0.2) is 0 Å². The molecule has 0 amide bonds. The minimum absolute atomic E-state index is 0.316. The predicted molar refractivity (Wildman–Crippen MR) is 112 cm³/mol. The lowest BCUT2D eigenvalue weighted by atomic mass is 9.93. The number of nitrogens with zero attached hydrogens (tertiary/aromatic N) is 2. The molecule has 4 aromatic rings. The molecule has 0 aliphatic rings. The minimum Gasteiger partial charge on any atom is -0.463 e. The second kappa shape index (κ2) is 6.86. The van der Waals surface area contributed by atoms with Gasteiger partial charge in [0.05, 0.1) is 24.6 Å². The number of ether oxygens (including phenoxy) is 1. The van der Waals surface area contributed by atoms with E-state index in [0.717, 1.165) is 22.3 Å². The number of benzene rings is 3. The van der Waals surface area contributed by atoms with Crippen molar-refractivity contribution in [1.82, 2.24) is 4.57 Å². The van der Waals surface area contributed by atoms with Crippen LogP contribution in [0.4, 0.5) is 0 Å². The van der Waals surface area contributed by atoms with E-state index >= 15 is 0 Å². The Balaban J connectivity index is 1.78. The van der Waals surface area contributed by atoms with Gasteiger partial charge in [-0.05, 0) is 29.8 Å². The van der Waals surface area contributed by atoms with Crippen LogP contribution < -0.4 is 0 Å². The molecule has 0 bridgehead atoms. The van der Waals surface area contributed by atoms with E-state index in [1.54, 1.807) is 6.92 Å². The number of fused-ring (bicyclic) bond motifs is 3. The Morgan fingerprint density at radius 1 is 0.964 bits per heavy atom. The normalized spacial score (nSPS) is 13.2. The summed E-state index contributed by atoms with van der Waals surface area (Å²) < 4.78 is 7.04. The first-order valence-corrected chi connectivity index (χ1v) is 9.12. The van der Waals surface area contributed by atoms with Crippen LogP contribution in [0.15, 0.2) is 72.8 Å². The Morgan fingerprint density at radius 2 is 1.50 bits per heavy atom. The van der Waals surface area contributed by atoms with Gasteiger partial charge in [-0.2, -0.15) is 0 Å². The van der Waals surface area contributed by atoms with Gasteiger partial charge in [-0.3, -0.25) is 4.85 Å². The Kier molecular flexibility index (Phi) is 4.37. The molecular weight excluding hydrogens is 348 g/mol. The molecule has 0 fully saturated rings. The van der Waals surface area contributed by atoms with Crippen molar-refractivity contribution in [2.24, 2.45) is 0 Å². The molecule has 1 atom stereocenters. The van der Waals surface area contributed by atoms with Crippen molar-refractivity contribution in [3.05, 3.63) is 89.8 Å². The first-order chi connectivity index (χ1) is 13.6. The minimum atomic E-state index is -1.21. The lowest BCUT2D eigenvalue weighted by Crippen LogP contribution is -2.35. The third kappa shape index (κ3) is 2.82. The quantitative estimate of drug-likeness (QED) is 0.368. The molecule has 0 aliphatic heterocycles. The van der Waals surface area contributed by atoms with Crippen LogP contribution in [-0.2, 0) is 16.0 Å². The average molecular weight is 368 g/mol. The molecule has 0 saturated heterocycles. The van der Waals surface area contributed by atoms with Crippen molar-refractivity contribution in [1.29, 1.82) is 0 Å². The third-order valence-corrected chi connectivity index (χ3v) is 5.19. The van der Waals surface area contributed by atoms with Crippen molar-refractivity contribution in [2.75, 3.05) is 7.11 Å². The summed E-state index contributed by atoms with van der Waals surface area (Å²) >= 11 is 0. The average Bonchev–Trinajstić information content (AvgIpc) is 3.08. The maximum Gasteiger partial charge on any atom is 0.393 e. The lowest BCUT2D eigenvalue weighted by molar-refractivity contribution is -0.144. The van der Waals surface area contributed by atoms with Gasteiger partial charge < -0.3 is 9.30 Å². The summed E-state index contributed by atoms with van der Waals surface area (Å²) in [5.74, 6) is -0.506. The molecule has 4 rings (SSSR count). The molecule has 0 spiro atoms. The molecule has 1 heterocycles. The largest absolute Gasteiger partial charge is 0.463 e. The number of methoxy groups -OCH3 is 1. The fraction of sp³-hybridized carbons (Fsp3) is 0.167. The van der Waals surface area contributed by atoms with Crippen molar-refractivity contribution >= 4 is 27.8 Å². The van der Waals surface area contributed by atoms with Crippen LogP contribution in [0.5, 0.6) is 0 Å². The number of hydrogen-bond acceptors (Lipinski definition) is 2. The van der Waals surface area contributed by atoms with E-state index in [9.17, 15) is 4.79 Å². The second-order valence-electron chi connectivity index (χ2n) is 7.09. The van der Waals surface area contributed by atoms with Crippen LogP contribution in [0.3, 0.4) is 0 Å². The van der Waals surface area contributed by atoms with Gasteiger partial charge in [0.25, 0.3) is 0 Å². The summed E-state index contributed by atoms with van der Waals surface area (Å²) in [5, 5.41) is 2.43. The van der Waals surface area contributed by atoms with E-state index < -0.39 is 11.5 Å². The Morgan fingerprint density at radius 3 is 2.00 bits per heavy atom. The highest BCUT2D eigenvalue weighted by molar-refractivity contribution is 6.09. The molecule has 138 valence electrons. The number of esters is 1. The number of para-hydroxylation sites is 2. The van der Waals surface area contributed by atoms with E-state index in [1.807, 2.05) is 36.4 Å². The summed E-state index contributed by atoms with van der Waals surface area (Å²) in [5.41, 5.74) is 3.06. The van der Waals surface area contributed by atoms with Crippen molar-refractivity contribution < 1.29 is 9.53 Å². The Hall–Kier alpha value is -3.58. The summed E-state index contributed by atoms with van der Waals surface area (Å²) in [6.07, 6.45) is 0.316. The fourth-order valence-electron chi connectivity index (χ4n) is 3.74. The molecule has 0 saturated carbocycles. The second-order valence-corrected chi connectivity index (χ2v) is 7.09. The van der Waals surface area contributed by atoms with Gasteiger partial charge in [0, 0.05) is 23.4 Å². The van der Waals surface area contributed by atoms with Crippen LogP contribution in [-0.4, -0.2) is 23.2 Å². The van der Waals surface area contributed by atoms with E-state index in [-0.39, 0.29) is 0 Å². The number of rotatable bonds is 4. The fourth-order valence-corrected chi connectivity index (χ4v) is 3.74. The van der Waals surface area contributed by atoms with Crippen LogP contribution in [0.2, 0.25) is 0 Å². The zero-order valence-corrected chi connectivity index (χ0v) is 15.8. The highest BCUT2D eigenvalue weighted by atomic mass is 16.5. The van der Waals surface area contributed by atoms with Gasteiger partial charge in [-0.1, -0.05) is 48.5 Å². The first kappa shape index (κ1) is 17.8. The lowest BCUT2D eigenvalue weighted by Gasteiger charge is -2.15. The number of aromatic nitrogens is 1. The molecule has 4 nitrogen and oxygen atoms in total. The van der Waals surface area contributed by atoms with Crippen molar-refractivity contribution in [2.45, 2.75) is 18.9 Å². The maximum atomic E-state index is 12.0. The zero-order valence-electron chi connectivity index (χ0n) is 15.8. The molecule has 28 heavy (non-hydrogen) atoms. The number of carbonyl (C=O) groups excluding carboxylic acids is 1.